The summed E-state index contributed by atoms with van der Waals surface area (Å²) < 4.78 is 10.8. The molecule has 0 saturated carbocycles. The van der Waals surface area contributed by atoms with Gasteiger partial charge in [-0.05, 0) is 31.2 Å². The molecule has 1 aromatic carbocycles. The van der Waals surface area contributed by atoms with E-state index in [0.717, 1.165) is 16.9 Å². The Morgan fingerprint density at radius 2 is 2.00 bits per heavy atom. The van der Waals surface area contributed by atoms with E-state index in [4.69, 9.17) is 9.15 Å². The van der Waals surface area contributed by atoms with Crippen molar-refractivity contribution in [3.05, 3.63) is 41.7 Å². The van der Waals surface area contributed by atoms with Crippen molar-refractivity contribution in [2.24, 2.45) is 0 Å². The van der Waals surface area contributed by atoms with Gasteiger partial charge in [0.25, 0.3) is 0 Å². The van der Waals surface area contributed by atoms with E-state index in [9.17, 15) is 4.79 Å². The zero-order valence-corrected chi connectivity index (χ0v) is 10.1. The molecule has 0 radical (unpaired) electrons. The lowest BCUT2D eigenvalue weighted by Crippen LogP contribution is -1.88. The summed E-state index contributed by atoms with van der Waals surface area (Å²) in [5.74, 6) is 1.67. The van der Waals surface area contributed by atoms with Crippen molar-refractivity contribution in [1.82, 2.24) is 0 Å². The lowest BCUT2D eigenvalue weighted by Gasteiger charge is -2.06. The first-order chi connectivity index (χ1) is 8.11. The standard InChI is InChI=1S/C14H14O3/c1-9-4-5-13(16-3)11(8-9)14-7-6-12(17-14)10(2)15/h4-8H,1-3H3. The molecular formula is C14H14O3. The molecule has 0 spiro atoms. The van der Waals surface area contributed by atoms with Crippen LogP contribution in [0.4, 0.5) is 0 Å². The van der Waals surface area contributed by atoms with E-state index in [1.54, 1.807) is 19.2 Å². The smallest absolute Gasteiger partial charge is 0.194 e. The molecule has 0 N–H and O–H groups in total. The lowest BCUT2D eigenvalue weighted by atomic mass is 10.1. The summed E-state index contributed by atoms with van der Waals surface area (Å²) >= 11 is 0. The quantitative estimate of drug-likeness (QED) is 0.758. The van der Waals surface area contributed by atoms with Crippen LogP contribution in [0.1, 0.15) is 23.0 Å². The predicted octanol–water partition coefficient (Wildman–Crippen LogP) is 3.47. The van der Waals surface area contributed by atoms with Gasteiger partial charge in [0, 0.05) is 6.92 Å². The van der Waals surface area contributed by atoms with Crippen LogP contribution >= 0.6 is 0 Å². The van der Waals surface area contributed by atoms with Gasteiger partial charge in [-0.2, -0.15) is 0 Å². The minimum Gasteiger partial charge on any atom is -0.496 e. The van der Waals surface area contributed by atoms with E-state index in [1.807, 2.05) is 25.1 Å². The highest BCUT2D eigenvalue weighted by Crippen LogP contribution is 2.32. The number of furan rings is 1. The van der Waals surface area contributed by atoms with Crippen LogP contribution < -0.4 is 4.74 Å². The maximum absolute atomic E-state index is 11.2. The third kappa shape index (κ3) is 2.23. The zero-order valence-electron chi connectivity index (χ0n) is 10.1. The molecule has 0 aliphatic heterocycles. The molecule has 17 heavy (non-hydrogen) atoms. The normalized spacial score (nSPS) is 10.3. The van der Waals surface area contributed by atoms with Gasteiger partial charge in [0.1, 0.15) is 11.5 Å². The highest BCUT2D eigenvalue weighted by atomic mass is 16.5. The van der Waals surface area contributed by atoms with Gasteiger partial charge in [-0.25, -0.2) is 0 Å². The van der Waals surface area contributed by atoms with E-state index in [-0.39, 0.29) is 5.78 Å². The van der Waals surface area contributed by atoms with E-state index < -0.39 is 0 Å². The van der Waals surface area contributed by atoms with Crippen LogP contribution in [0.25, 0.3) is 11.3 Å². The number of methoxy groups -OCH3 is 1. The number of rotatable bonds is 3. The van der Waals surface area contributed by atoms with E-state index >= 15 is 0 Å². The lowest BCUT2D eigenvalue weighted by molar-refractivity contribution is 0.0988. The highest BCUT2D eigenvalue weighted by Gasteiger charge is 2.12. The van der Waals surface area contributed by atoms with Gasteiger partial charge in [0.15, 0.2) is 11.5 Å². The fraction of sp³-hybridized carbons (Fsp3) is 0.214. The predicted molar refractivity (Wildman–Crippen MR) is 65.4 cm³/mol. The van der Waals surface area contributed by atoms with E-state index in [1.165, 1.54) is 6.92 Å². The van der Waals surface area contributed by atoms with Crippen LogP contribution in [0.5, 0.6) is 5.75 Å². The van der Waals surface area contributed by atoms with Crippen molar-refractivity contribution >= 4 is 5.78 Å². The van der Waals surface area contributed by atoms with Crippen LogP contribution in [-0.2, 0) is 0 Å². The summed E-state index contributed by atoms with van der Waals surface area (Å²) in [7, 11) is 1.61. The Hall–Kier alpha value is -2.03. The Bertz CT molecular complexity index is 552. The van der Waals surface area contributed by atoms with Gasteiger partial charge in [-0.3, -0.25) is 4.79 Å². The first kappa shape index (κ1) is 11.5. The minimum atomic E-state index is -0.0807. The van der Waals surface area contributed by atoms with Gasteiger partial charge in [-0.15, -0.1) is 0 Å². The molecule has 2 rings (SSSR count). The molecule has 1 heterocycles. The van der Waals surface area contributed by atoms with Crippen LogP contribution in [-0.4, -0.2) is 12.9 Å². The van der Waals surface area contributed by atoms with Gasteiger partial charge in [0.2, 0.25) is 0 Å². The second-order valence-corrected chi connectivity index (χ2v) is 3.92. The van der Waals surface area contributed by atoms with Gasteiger partial charge in [0.05, 0.1) is 12.7 Å². The maximum atomic E-state index is 11.2. The third-order valence-corrected chi connectivity index (χ3v) is 2.57. The number of hydrogen-bond donors (Lipinski definition) is 0. The molecule has 3 heteroatoms. The number of hydrogen-bond acceptors (Lipinski definition) is 3. The average molecular weight is 230 g/mol. The van der Waals surface area contributed by atoms with Crippen molar-refractivity contribution in [3.63, 3.8) is 0 Å². The largest absolute Gasteiger partial charge is 0.496 e. The molecule has 1 aromatic heterocycles. The Labute approximate surface area is 100 Å². The number of ketones is 1. The molecule has 3 nitrogen and oxygen atoms in total. The number of ether oxygens (including phenoxy) is 1. The van der Waals surface area contributed by atoms with Crippen LogP contribution in [0, 0.1) is 6.92 Å². The first-order valence-electron chi connectivity index (χ1n) is 5.37. The van der Waals surface area contributed by atoms with Gasteiger partial charge < -0.3 is 9.15 Å². The minimum absolute atomic E-state index is 0.0807. The summed E-state index contributed by atoms with van der Waals surface area (Å²) in [5.41, 5.74) is 1.97. The molecular weight excluding hydrogens is 216 g/mol. The number of aryl methyl sites for hydroxylation is 1. The van der Waals surface area contributed by atoms with Crippen molar-refractivity contribution in [2.45, 2.75) is 13.8 Å². The molecule has 0 aliphatic carbocycles. The van der Waals surface area contributed by atoms with E-state index in [0.29, 0.717) is 11.5 Å². The fourth-order valence-electron chi connectivity index (χ4n) is 1.69. The number of Topliss-reactive ketones (excluding diaryl/α,β-unsaturated/α-hetero) is 1. The molecule has 88 valence electrons. The summed E-state index contributed by atoms with van der Waals surface area (Å²) in [6, 6.07) is 9.30. The Kier molecular flexibility index (Phi) is 3.00. The third-order valence-electron chi connectivity index (χ3n) is 2.57. The fourth-order valence-corrected chi connectivity index (χ4v) is 1.69. The number of benzene rings is 1. The Morgan fingerprint density at radius 3 is 2.59 bits per heavy atom. The number of carbonyl (C=O) groups is 1. The van der Waals surface area contributed by atoms with Crippen LogP contribution in [0.2, 0.25) is 0 Å². The second-order valence-electron chi connectivity index (χ2n) is 3.92. The summed E-state index contributed by atoms with van der Waals surface area (Å²) in [6.07, 6.45) is 0. The maximum Gasteiger partial charge on any atom is 0.194 e. The molecule has 0 amide bonds. The molecule has 0 bridgehead atoms. The SMILES string of the molecule is COc1ccc(C)cc1-c1ccc(C(C)=O)o1. The van der Waals surface area contributed by atoms with Crippen molar-refractivity contribution in [2.75, 3.05) is 7.11 Å². The van der Waals surface area contributed by atoms with Crippen LogP contribution in [0.3, 0.4) is 0 Å². The van der Waals surface area contributed by atoms with Gasteiger partial charge in [-0.1, -0.05) is 11.6 Å². The molecule has 0 unspecified atom stereocenters. The first-order valence-corrected chi connectivity index (χ1v) is 5.37. The number of carbonyl (C=O) groups excluding carboxylic acids is 1. The molecule has 0 atom stereocenters. The van der Waals surface area contributed by atoms with Gasteiger partial charge >= 0.3 is 0 Å². The molecule has 0 saturated heterocycles. The van der Waals surface area contributed by atoms with Crippen molar-refractivity contribution in [3.8, 4) is 17.1 Å². The van der Waals surface area contributed by atoms with Crippen molar-refractivity contribution in [1.29, 1.82) is 0 Å². The molecule has 2 aromatic rings. The molecule has 0 aliphatic rings. The van der Waals surface area contributed by atoms with Crippen molar-refractivity contribution < 1.29 is 13.9 Å². The Balaban J connectivity index is 2.51. The zero-order chi connectivity index (χ0) is 12.4. The topological polar surface area (TPSA) is 39.4 Å². The second kappa shape index (κ2) is 4.45. The Morgan fingerprint density at radius 1 is 1.24 bits per heavy atom. The monoisotopic (exact) mass is 230 g/mol. The average Bonchev–Trinajstić information content (AvgIpc) is 2.78. The summed E-state index contributed by atoms with van der Waals surface area (Å²) in [6.45, 7) is 3.48. The summed E-state index contributed by atoms with van der Waals surface area (Å²) in [4.78, 5) is 11.2. The van der Waals surface area contributed by atoms with Crippen LogP contribution in [0.15, 0.2) is 34.7 Å². The highest BCUT2D eigenvalue weighted by molar-refractivity contribution is 5.92. The van der Waals surface area contributed by atoms with E-state index in [2.05, 4.69) is 0 Å². The summed E-state index contributed by atoms with van der Waals surface area (Å²) in [5, 5.41) is 0. The molecule has 0 fully saturated rings.